The van der Waals surface area contributed by atoms with Crippen molar-refractivity contribution in [1.29, 1.82) is 0 Å². The first-order chi connectivity index (χ1) is 10.2. The number of aromatic amines is 1. The van der Waals surface area contributed by atoms with Crippen LogP contribution in [0.4, 0.5) is 0 Å². The van der Waals surface area contributed by atoms with Crippen LogP contribution in [0.3, 0.4) is 0 Å². The van der Waals surface area contributed by atoms with Crippen molar-refractivity contribution in [3.8, 4) is 0 Å². The Labute approximate surface area is 126 Å². The second kappa shape index (κ2) is 6.01. The Bertz CT molecular complexity index is 722. The quantitative estimate of drug-likeness (QED) is 0.707. The summed E-state index contributed by atoms with van der Waals surface area (Å²) in [5.41, 5.74) is 2.67. The Morgan fingerprint density at radius 2 is 1.86 bits per heavy atom. The maximum Gasteiger partial charge on any atom is 0.311 e. The van der Waals surface area contributed by atoms with E-state index in [-0.39, 0.29) is 0 Å². The fourth-order valence-electron chi connectivity index (χ4n) is 2.16. The number of aromatic nitrogens is 2. The number of imidazole rings is 1. The molecule has 1 unspecified atom stereocenters. The monoisotopic (exact) mass is 298 g/mol. The highest BCUT2D eigenvalue weighted by molar-refractivity contribution is 7.99. The standard InChI is InChI=1S/C16H14N2O2S/c19-15(20)12(11-6-2-1-3-7-11)10-21-16-17-13-8-4-5-9-14(13)18-16/h1-9,12H,10H2,(H,17,18)(H,19,20). The van der Waals surface area contributed by atoms with Gasteiger partial charge in [0.2, 0.25) is 0 Å². The zero-order valence-electron chi connectivity index (χ0n) is 11.2. The first-order valence-corrected chi connectivity index (χ1v) is 7.58. The molecule has 0 aliphatic rings. The van der Waals surface area contributed by atoms with Gasteiger partial charge >= 0.3 is 5.97 Å². The van der Waals surface area contributed by atoms with Gasteiger partial charge in [0.05, 0.1) is 17.0 Å². The number of H-pyrrole nitrogens is 1. The Balaban J connectivity index is 1.76. The van der Waals surface area contributed by atoms with E-state index >= 15 is 0 Å². The largest absolute Gasteiger partial charge is 0.481 e. The lowest BCUT2D eigenvalue weighted by atomic mass is 10.0. The van der Waals surface area contributed by atoms with Crippen LogP contribution < -0.4 is 0 Å². The van der Waals surface area contributed by atoms with Gasteiger partial charge in [-0.1, -0.05) is 54.2 Å². The van der Waals surface area contributed by atoms with E-state index in [9.17, 15) is 9.90 Å². The highest BCUT2D eigenvalue weighted by Gasteiger charge is 2.20. The van der Waals surface area contributed by atoms with Crippen LogP contribution in [0.1, 0.15) is 11.5 Å². The Kier molecular flexibility index (Phi) is 3.92. The van der Waals surface area contributed by atoms with E-state index in [1.165, 1.54) is 11.8 Å². The van der Waals surface area contributed by atoms with Gasteiger partial charge < -0.3 is 10.1 Å². The number of nitrogens with zero attached hydrogens (tertiary/aromatic N) is 1. The minimum atomic E-state index is -0.815. The second-order valence-corrected chi connectivity index (χ2v) is 5.68. The van der Waals surface area contributed by atoms with Gasteiger partial charge in [-0.2, -0.15) is 0 Å². The molecule has 0 fully saturated rings. The van der Waals surface area contributed by atoms with Crippen molar-refractivity contribution in [3.05, 3.63) is 60.2 Å². The van der Waals surface area contributed by atoms with E-state index in [2.05, 4.69) is 9.97 Å². The molecule has 21 heavy (non-hydrogen) atoms. The highest BCUT2D eigenvalue weighted by Crippen LogP contribution is 2.26. The number of hydrogen-bond donors (Lipinski definition) is 2. The van der Waals surface area contributed by atoms with Crippen LogP contribution in [-0.4, -0.2) is 26.8 Å². The van der Waals surface area contributed by atoms with Crippen molar-refractivity contribution in [2.24, 2.45) is 0 Å². The lowest BCUT2D eigenvalue weighted by Crippen LogP contribution is -2.14. The van der Waals surface area contributed by atoms with Gasteiger partial charge in [0.25, 0.3) is 0 Å². The fourth-order valence-corrected chi connectivity index (χ4v) is 3.16. The molecule has 1 heterocycles. The topological polar surface area (TPSA) is 66.0 Å². The third kappa shape index (κ3) is 3.08. The number of hydrogen-bond acceptors (Lipinski definition) is 3. The van der Waals surface area contributed by atoms with Crippen LogP contribution in [0.15, 0.2) is 59.8 Å². The first kappa shape index (κ1) is 13.7. The van der Waals surface area contributed by atoms with E-state index in [1.807, 2.05) is 54.6 Å². The Morgan fingerprint density at radius 3 is 2.57 bits per heavy atom. The molecule has 0 saturated heterocycles. The maximum absolute atomic E-state index is 11.4. The number of thioether (sulfide) groups is 1. The summed E-state index contributed by atoms with van der Waals surface area (Å²) in [6, 6.07) is 17.1. The zero-order chi connectivity index (χ0) is 14.7. The molecule has 0 radical (unpaired) electrons. The van der Waals surface area contributed by atoms with Crippen LogP contribution >= 0.6 is 11.8 Å². The molecule has 0 spiro atoms. The molecule has 1 aromatic heterocycles. The van der Waals surface area contributed by atoms with Gasteiger partial charge in [0.1, 0.15) is 0 Å². The predicted octanol–water partition coefficient (Wildman–Crippen LogP) is 3.52. The van der Waals surface area contributed by atoms with Gasteiger partial charge in [-0.05, 0) is 17.7 Å². The summed E-state index contributed by atoms with van der Waals surface area (Å²) in [7, 11) is 0. The van der Waals surface area contributed by atoms with Gasteiger partial charge in [0, 0.05) is 5.75 Å². The van der Waals surface area contributed by atoms with E-state index in [1.54, 1.807) is 0 Å². The Morgan fingerprint density at radius 1 is 1.14 bits per heavy atom. The van der Waals surface area contributed by atoms with Crippen molar-refractivity contribution in [2.45, 2.75) is 11.1 Å². The van der Waals surface area contributed by atoms with Crippen molar-refractivity contribution in [1.82, 2.24) is 9.97 Å². The third-order valence-electron chi connectivity index (χ3n) is 3.25. The van der Waals surface area contributed by atoms with E-state index in [0.717, 1.165) is 21.8 Å². The van der Waals surface area contributed by atoms with Crippen molar-refractivity contribution in [3.63, 3.8) is 0 Å². The maximum atomic E-state index is 11.4. The second-order valence-electron chi connectivity index (χ2n) is 4.67. The molecule has 0 amide bonds. The van der Waals surface area contributed by atoms with Gasteiger partial charge in [0.15, 0.2) is 5.16 Å². The van der Waals surface area contributed by atoms with Crippen LogP contribution in [-0.2, 0) is 4.79 Å². The molecule has 0 aliphatic carbocycles. The van der Waals surface area contributed by atoms with Crippen LogP contribution in [0.5, 0.6) is 0 Å². The van der Waals surface area contributed by atoms with E-state index < -0.39 is 11.9 Å². The molecule has 0 bridgehead atoms. The van der Waals surface area contributed by atoms with Crippen molar-refractivity contribution >= 4 is 28.8 Å². The molecule has 3 rings (SSSR count). The molecular weight excluding hydrogens is 284 g/mol. The molecular formula is C16H14N2O2S. The van der Waals surface area contributed by atoms with Crippen molar-refractivity contribution in [2.75, 3.05) is 5.75 Å². The summed E-state index contributed by atoms with van der Waals surface area (Å²) in [5, 5.41) is 10.1. The minimum absolute atomic E-state index is 0.444. The summed E-state index contributed by atoms with van der Waals surface area (Å²) in [6.45, 7) is 0. The number of rotatable bonds is 5. The number of para-hydroxylation sites is 2. The first-order valence-electron chi connectivity index (χ1n) is 6.59. The lowest BCUT2D eigenvalue weighted by molar-refractivity contribution is -0.138. The molecule has 5 heteroatoms. The molecule has 1 atom stereocenters. The van der Waals surface area contributed by atoms with Crippen LogP contribution in [0, 0.1) is 0 Å². The number of carbonyl (C=O) groups is 1. The van der Waals surface area contributed by atoms with Crippen molar-refractivity contribution < 1.29 is 9.90 Å². The molecule has 4 nitrogen and oxygen atoms in total. The number of fused-ring (bicyclic) bond motifs is 1. The molecule has 3 aromatic rings. The average Bonchev–Trinajstić information content (AvgIpc) is 2.91. The number of carboxylic acids is 1. The summed E-state index contributed by atoms with van der Waals surface area (Å²) >= 11 is 1.43. The molecule has 0 saturated carbocycles. The average molecular weight is 298 g/mol. The van der Waals surface area contributed by atoms with Crippen LogP contribution in [0.2, 0.25) is 0 Å². The molecule has 0 aliphatic heterocycles. The van der Waals surface area contributed by atoms with E-state index in [0.29, 0.717) is 5.75 Å². The molecule has 106 valence electrons. The minimum Gasteiger partial charge on any atom is -0.481 e. The highest BCUT2D eigenvalue weighted by atomic mass is 32.2. The van der Waals surface area contributed by atoms with Gasteiger partial charge in [-0.3, -0.25) is 4.79 Å². The SMILES string of the molecule is O=C(O)C(CSc1nc2ccccc2[nH]1)c1ccccc1. The fraction of sp³-hybridized carbons (Fsp3) is 0.125. The third-order valence-corrected chi connectivity index (χ3v) is 4.22. The number of aliphatic carboxylic acids is 1. The number of carboxylic acid groups (broad SMARTS) is 1. The summed E-state index contributed by atoms with van der Waals surface area (Å²) in [5.74, 6) is -0.909. The normalized spacial score (nSPS) is 12.4. The van der Waals surface area contributed by atoms with Gasteiger partial charge in [-0.25, -0.2) is 4.98 Å². The lowest BCUT2D eigenvalue weighted by Gasteiger charge is -2.11. The molecule has 2 aromatic carbocycles. The Hall–Kier alpha value is -2.27. The smallest absolute Gasteiger partial charge is 0.311 e. The van der Waals surface area contributed by atoms with Crippen LogP contribution in [0.25, 0.3) is 11.0 Å². The molecule has 2 N–H and O–H groups in total. The van der Waals surface area contributed by atoms with Gasteiger partial charge in [-0.15, -0.1) is 0 Å². The predicted molar refractivity (Wildman–Crippen MR) is 83.6 cm³/mol. The summed E-state index contributed by atoms with van der Waals surface area (Å²) in [4.78, 5) is 19.1. The number of nitrogens with one attached hydrogen (secondary N) is 1. The van der Waals surface area contributed by atoms with E-state index in [4.69, 9.17) is 0 Å². The summed E-state index contributed by atoms with van der Waals surface area (Å²) < 4.78 is 0. The summed E-state index contributed by atoms with van der Waals surface area (Å²) in [6.07, 6.45) is 0. The zero-order valence-corrected chi connectivity index (χ0v) is 12.0. The number of benzene rings is 2.